The number of hydrogen-bond donors (Lipinski definition) is 1. The molecule has 3 aromatic rings. The first-order valence-corrected chi connectivity index (χ1v) is 6.20. The summed E-state index contributed by atoms with van der Waals surface area (Å²) >= 11 is 0. The molecule has 0 unspecified atom stereocenters. The fourth-order valence-electron chi connectivity index (χ4n) is 2.10. The van der Waals surface area contributed by atoms with Crippen molar-refractivity contribution in [2.24, 2.45) is 7.05 Å². The molecule has 2 radical (unpaired) electrons. The van der Waals surface area contributed by atoms with Gasteiger partial charge in [0.2, 0.25) is 0 Å². The fraction of sp³-hybridized carbons (Fsp3) is 0.0667. The molecule has 20 heavy (non-hydrogen) atoms. The average Bonchev–Trinajstić information content (AvgIpc) is 2.82. The maximum Gasteiger partial charge on any atom is 0.121 e. The Morgan fingerprint density at radius 2 is 1.60 bits per heavy atom. The van der Waals surface area contributed by atoms with Crippen molar-refractivity contribution in [1.82, 2.24) is 15.0 Å². The highest BCUT2D eigenvalue weighted by Gasteiger charge is 2.13. The lowest BCUT2D eigenvalue weighted by Gasteiger charge is -2.02. The van der Waals surface area contributed by atoms with E-state index in [1.807, 2.05) is 36.4 Å². The summed E-state index contributed by atoms with van der Waals surface area (Å²) in [6.07, 6.45) is 0. The maximum atomic E-state index is 9.37. The number of phenols is 1. The second-order valence-corrected chi connectivity index (χ2v) is 4.56. The standard InChI is InChI=1S/C15H12BN3O/c1-19-17-14(10-5-7-13(20)8-6-10)15(18-19)11-3-2-4-12(16)9-11/h2-9,20H,1H3. The lowest BCUT2D eigenvalue weighted by molar-refractivity contribution is 0.475. The highest BCUT2D eigenvalue weighted by molar-refractivity contribution is 6.32. The summed E-state index contributed by atoms with van der Waals surface area (Å²) in [6.45, 7) is 0. The monoisotopic (exact) mass is 261 g/mol. The second-order valence-electron chi connectivity index (χ2n) is 4.56. The number of aryl methyl sites for hydroxylation is 1. The molecule has 4 nitrogen and oxygen atoms in total. The van der Waals surface area contributed by atoms with Gasteiger partial charge in [0.25, 0.3) is 0 Å². The molecule has 0 aliphatic heterocycles. The van der Waals surface area contributed by atoms with Gasteiger partial charge in [-0.05, 0) is 24.3 Å². The van der Waals surface area contributed by atoms with Gasteiger partial charge >= 0.3 is 0 Å². The fourth-order valence-corrected chi connectivity index (χ4v) is 2.10. The van der Waals surface area contributed by atoms with E-state index in [1.54, 1.807) is 19.2 Å². The molecule has 5 heteroatoms. The quantitative estimate of drug-likeness (QED) is 0.713. The van der Waals surface area contributed by atoms with Crippen LogP contribution in [0.3, 0.4) is 0 Å². The van der Waals surface area contributed by atoms with Crippen LogP contribution in [-0.4, -0.2) is 27.9 Å². The highest BCUT2D eigenvalue weighted by atomic mass is 16.3. The Kier molecular flexibility index (Phi) is 3.02. The minimum absolute atomic E-state index is 0.225. The van der Waals surface area contributed by atoms with Crippen molar-refractivity contribution >= 4 is 13.3 Å². The van der Waals surface area contributed by atoms with E-state index in [0.29, 0.717) is 5.46 Å². The second kappa shape index (κ2) is 4.85. The summed E-state index contributed by atoms with van der Waals surface area (Å²) in [4.78, 5) is 1.53. The van der Waals surface area contributed by atoms with Crippen molar-refractivity contribution in [3.63, 3.8) is 0 Å². The first-order chi connectivity index (χ1) is 9.63. The summed E-state index contributed by atoms with van der Waals surface area (Å²) in [7, 11) is 7.60. The Morgan fingerprint density at radius 1 is 0.950 bits per heavy atom. The molecule has 0 aliphatic carbocycles. The van der Waals surface area contributed by atoms with Crippen LogP contribution >= 0.6 is 0 Å². The molecule has 0 saturated carbocycles. The third kappa shape index (κ3) is 2.30. The molecule has 0 amide bonds. The summed E-state index contributed by atoms with van der Waals surface area (Å²) in [6, 6.07) is 14.4. The normalized spacial score (nSPS) is 10.7. The van der Waals surface area contributed by atoms with Gasteiger partial charge in [0, 0.05) is 18.2 Å². The van der Waals surface area contributed by atoms with Gasteiger partial charge in [-0.3, -0.25) is 0 Å². The van der Waals surface area contributed by atoms with Gasteiger partial charge in [-0.15, -0.1) is 0 Å². The summed E-state index contributed by atoms with van der Waals surface area (Å²) in [5.74, 6) is 0.225. The summed E-state index contributed by atoms with van der Waals surface area (Å²) in [5, 5.41) is 18.2. The van der Waals surface area contributed by atoms with Gasteiger partial charge in [0.05, 0.1) is 0 Å². The van der Waals surface area contributed by atoms with Crippen molar-refractivity contribution in [2.45, 2.75) is 0 Å². The molecule has 1 N–H and O–H groups in total. The molecular weight excluding hydrogens is 249 g/mol. The van der Waals surface area contributed by atoms with Gasteiger partial charge in [0.15, 0.2) is 0 Å². The first-order valence-electron chi connectivity index (χ1n) is 6.20. The van der Waals surface area contributed by atoms with Crippen molar-refractivity contribution in [2.75, 3.05) is 0 Å². The van der Waals surface area contributed by atoms with E-state index in [1.165, 1.54) is 4.80 Å². The van der Waals surface area contributed by atoms with E-state index in [9.17, 15) is 5.11 Å². The molecular formula is C15H12BN3O. The van der Waals surface area contributed by atoms with Crippen LogP contribution in [0, 0.1) is 0 Å². The van der Waals surface area contributed by atoms with Gasteiger partial charge in [-0.2, -0.15) is 15.0 Å². The number of hydrogen-bond acceptors (Lipinski definition) is 3. The predicted molar refractivity (Wildman–Crippen MR) is 78.9 cm³/mol. The van der Waals surface area contributed by atoms with Crippen LogP contribution in [-0.2, 0) is 7.05 Å². The molecule has 0 saturated heterocycles. The number of benzene rings is 2. The topological polar surface area (TPSA) is 50.9 Å². The SMILES string of the molecule is [B]c1cccc(-c2nn(C)nc2-c2ccc(O)cc2)c1. The zero-order chi connectivity index (χ0) is 14.1. The molecule has 0 bridgehead atoms. The molecule has 96 valence electrons. The van der Waals surface area contributed by atoms with Gasteiger partial charge in [-0.25, -0.2) is 0 Å². The average molecular weight is 261 g/mol. The van der Waals surface area contributed by atoms with Crippen LogP contribution in [0.25, 0.3) is 22.5 Å². The van der Waals surface area contributed by atoms with Gasteiger partial charge in [-0.1, -0.05) is 29.7 Å². The van der Waals surface area contributed by atoms with Crippen LogP contribution < -0.4 is 5.46 Å². The number of aromatic hydroxyl groups is 1. The minimum Gasteiger partial charge on any atom is -0.508 e. The molecule has 1 aromatic heterocycles. The molecule has 0 atom stereocenters. The van der Waals surface area contributed by atoms with E-state index in [2.05, 4.69) is 10.2 Å². The number of rotatable bonds is 2. The Hall–Kier alpha value is -2.56. The lowest BCUT2D eigenvalue weighted by Crippen LogP contribution is -2.01. The Balaban J connectivity index is 2.15. The Morgan fingerprint density at radius 3 is 2.25 bits per heavy atom. The van der Waals surface area contributed by atoms with Crippen LogP contribution in [0.2, 0.25) is 0 Å². The van der Waals surface area contributed by atoms with Crippen LogP contribution in [0.1, 0.15) is 0 Å². The van der Waals surface area contributed by atoms with Gasteiger partial charge < -0.3 is 5.11 Å². The highest BCUT2D eigenvalue weighted by Crippen LogP contribution is 2.29. The van der Waals surface area contributed by atoms with Crippen molar-refractivity contribution < 1.29 is 5.11 Å². The summed E-state index contributed by atoms with van der Waals surface area (Å²) < 4.78 is 0. The van der Waals surface area contributed by atoms with Crippen LogP contribution in [0.4, 0.5) is 0 Å². The van der Waals surface area contributed by atoms with Crippen molar-refractivity contribution in [3.05, 3.63) is 48.5 Å². The third-order valence-electron chi connectivity index (χ3n) is 3.01. The molecule has 0 spiro atoms. The Labute approximate surface area is 118 Å². The van der Waals surface area contributed by atoms with Crippen LogP contribution in [0.15, 0.2) is 48.5 Å². The smallest absolute Gasteiger partial charge is 0.121 e. The van der Waals surface area contributed by atoms with E-state index >= 15 is 0 Å². The zero-order valence-corrected chi connectivity index (χ0v) is 11.0. The molecule has 0 aliphatic rings. The number of nitrogens with zero attached hydrogens (tertiary/aromatic N) is 3. The van der Waals surface area contributed by atoms with E-state index < -0.39 is 0 Å². The number of aromatic nitrogens is 3. The number of phenolic OH excluding ortho intramolecular Hbond substituents is 1. The van der Waals surface area contributed by atoms with Gasteiger partial charge in [0.1, 0.15) is 25.0 Å². The molecule has 0 fully saturated rings. The van der Waals surface area contributed by atoms with E-state index in [0.717, 1.165) is 22.5 Å². The zero-order valence-electron chi connectivity index (χ0n) is 11.0. The predicted octanol–water partition coefficient (Wildman–Crippen LogP) is 1.65. The Bertz CT molecular complexity index is 750. The molecule has 2 aromatic carbocycles. The van der Waals surface area contributed by atoms with Crippen LogP contribution in [0.5, 0.6) is 5.75 Å². The largest absolute Gasteiger partial charge is 0.508 e. The summed E-state index contributed by atoms with van der Waals surface area (Å²) in [5.41, 5.74) is 4.03. The van der Waals surface area contributed by atoms with E-state index in [4.69, 9.17) is 7.85 Å². The first kappa shape index (κ1) is 12.5. The van der Waals surface area contributed by atoms with E-state index in [-0.39, 0.29) is 5.75 Å². The lowest BCUT2D eigenvalue weighted by atomic mass is 9.93. The maximum absolute atomic E-state index is 9.37. The minimum atomic E-state index is 0.225. The third-order valence-corrected chi connectivity index (χ3v) is 3.01. The molecule has 1 heterocycles. The van der Waals surface area contributed by atoms with Crippen molar-refractivity contribution in [3.8, 4) is 28.3 Å². The molecule has 3 rings (SSSR count). The van der Waals surface area contributed by atoms with Crippen molar-refractivity contribution in [1.29, 1.82) is 0 Å².